The van der Waals surface area contributed by atoms with Gasteiger partial charge in [-0.2, -0.15) is 0 Å². The van der Waals surface area contributed by atoms with E-state index in [1.165, 1.54) is 6.07 Å². The van der Waals surface area contributed by atoms with Gasteiger partial charge >= 0.3 is 0 Å². The summed E-state index contributed by atoms with van der Waals surface area (Å²) in [5.74, 6) is -0.257. The Morgan fingerprint density at radius 2 is 2.14 bits per heavy atom. The van der Waals surface area contributed by atoms with Gasteiger partial charge in [-0.05, 0) is 29.8 Å². The molecule has 0 fully saturated rings. The number of aromatic amines is 1. The zero-order valence-corrected chi connectivity index (χ0v) is 8.18. The van der Waals surface area contributed by atoms with Crippen molar-refractivity contribution in [1.29, 1.82) is 0 Å². The van der Waals surface area contributed by atoms with E-state index in [9.17, 15) is 4.39 Å². The zero-order chi connectivity index (χ0) is 9.97. The van der Waals surface area contributed by atoms with Gasteiger partial charge in [0.15, 0.2) is 0 Å². The fourth-order valence-electron chi connectivity index (χ4n) is 1.35. The molecule has 0 aliphatic rings. The molecule has 2 rings (SSSR count). The zero-order valence-electron chi connectivity index (χ0n) is 7.43. The van der Waals surface area contributed by atoms with Crippen molar-refractivity contribution >= 4 is 11.6 Å². The van der Waals surface area contributed by atoms with E-state index >= 15 is 0 Å². The number of rotatable bonds is 2. The van der Waals surface area contributed by atoms with E-state index in [1.54, 1.807) is 12.1 Å². The van der Waals surface area contributed by atoms with Crippen molar-refractivity contribution < 1.29 is 4.39 Å². The Bertz CT molecular complexity index is 423. The van der Waals surface area contributed by atoms with E-state index in [2.05, 4.69) is 4.98 Å². The summed E-state index contributed by atoms with van der Waals surface area (Å²) in [6.45, 7) is 0. The fraction of sp³-hybridized carbons (Fsp3) is 0.0909. The maximum absolute atomic E-state index is 13.3. The minimum absolute atomic E-state index is 0.257. The minimum atomic E-state index is -0.257. The van der Waals surface area contributed by atoms with Crippen LogP contribution >= 0.6 is 11.6 Å². The van der Waals surface area contributed by atoms with Crippen LogP contribution in [0, 0.1) is 5.82 Å². The molecule has 0 aliphatic carbocycles. The van der Waals surface area contributed by atoms with Gasteiger partial charge in [-0.1, -0.05) is 17.7 Å². The van der Waals surface area contributed by atoms with Crippen molar-refractivity contribution in [2.75, 3.05) is 0 Å². The van der Waals surface area contributed by atoms with Crippen LogP contribution in [0.3, 0.4) is 0 Å². The van der Waals surface area contributed by atoms with Gasteiger partial charge in [0, 0.05) is 23.3 Å². The maximum atomic E-state index is 13.3. The summed E-state index contributed by atoms with van der Waals surface area (Å²) in [6, 6.07) is 8.55. The number of halogens is 2. The molecule has 2 aromatic rings. The predicted octanol–water partition coefficient (Wildman–Crippen LogP) is 3.40. The Hall–Kier alpha value is -1.28. The first-order valence-electron chi connectivity index (χ1n) is 4.32. The molecule has 0 saturated heterocycles. The van der Waals surface area contributed by atoms with Crippen LogP contribution in [-0.4, -0.2) is 4.98 Å². The van der Waals surface area contributed by atoms with E-state index in [1.807, 2.05) is 18.3 Å². The summed E-state index contributed by atoms with van der Waals surface area (Å²) in [5.41, 5.74) is 1.64. The second kappa shape index (κ2) is 3.84. The first-order valence-corrected chi connectivity index (χ1v) is 4.70. The Labute approximate surface area is 86.5 Å². The average molecular weight is 210 g/mol. The second-order valence-electron chi connectivity index (χ2n) is 3.11. The minimum Gasteiger partial charge on any atom is -0.365 e. The van der Waals surface area contributed by atoms with Gasteiger partial charge in [0.05, 0.1) is 0 Å². The molecule has 0 atom stereocenters. The van der Waals surface area contributed by atoms with Crippen LogP contribution in [0.5, 0.6) is 0 Å². The highest BCUT2D eigenvalue weighted by molar-refractivity contribution is 6.30. The summed E-state index contributed by atoms with van der Waals surface area (Å²) < 4.78 is 13.3. The fourth-order valence-corrected chi connectivity index (χ4v) is 1.51. The highest BCUT2D eigenvalue weighted by Crippen LogP contribution is 2.16. The number of nitrogens with one attached hydrogen (secondary N) is 1. The highest BCUT2D eigenvalue weighted by atomic mass is 35.5. The largest absolute Gasteiger partial charge is 0.365 e. The standard InChI is InChI=1S/C11H9ClFN/c12-9-4-3-8(11(13)7-9)6-10-2-1-5-14-10/h1-5,7,14H,6H2. The van der Waals surface area contributed by atoms with Gasteiger partial charge in [0.25, 0.3) is 0 Å². The highest BCUT2D eigenvalue weighted by Gasteiger charge is 2.03. The third-order valence-electron chi connectivity index (χ3n) is 2.06. The molecule has 0 amide bonds. The molecule has 0 radical (unpaired) electrons. The molecule has 14 heavy (non-hydrogen) atoms. The normalized spacial score (nSPS) is 10.4. The Balaban J connectivity index is 2.25. The monoisotopic (exact) mass is 209 g/mol. The second-order valence-corrected chi connectivity index (χ2v) is 3.54. The molecule has 3 heteroatoms. The third kappa shape index (κ3) is 1.96. The topological polar surface area (TPSA) is 15.8 Å². The SMILES string of the molecule is Fc1cc(Cl)ccc1Cc1ccc[nH]1. The molecule has 72 valence electrons. The lowest BCUT2D eigenvalue weighted by atomic mass is 10.1. The van der Waals surface area contributed by atoms with Crippen LogP contribution in [0.15, 0.2) is 36.5 Å². The van der Waals surface area contributed by atoms with E-state index in [0.29, 0.717) is 17.0 Å². The number of aromatic nitrogens is 1. The van der Waals surface area contributed by atoms with Crippen LogP contribution in [0.25, 0.3) is 0 Å². The summed E-state index contributed by atoms with van der Waals surface area (Å²) in [4.78, 5) is 3.03. The van der Waals surface area contributed by atoms with Crippen LogP contribution in [0.1, 0.15) is 11.3 Å². The molecule has 0 unspecified atom stereocenters. The number of hydrogen-bond donors (Lipinski definition) is 1. The summed E-state index contributed by atoms with van der Waals surface area (Å²) in [6.07, 6.45) is 2.39. The van der Waals surface area contributed by atoms with Crippen molar-refractivity contribution in [3.63, 3.8) is 0 Å². The van der Waals surface area contributed by atoms with Gasteiger partial charge in [-0.3, -0.25) is 0 Å². The molecule has 1 N–H and O–H groups in total. The third-order valence-corrected chi connectivity index (χ3v) is 2.29. The van der Waals surface area contributed by atoms with Gasteiger partial charge in [0.2, 0.25) is 0 Å². The molecule has 1 nitrogen and oxygen atoms in total. The van der Waals surface area contributed by atoms with Crippen molar-refractivity contribution in [2.24, 2.45) is 0 Å². The first-order chi connectivity index (χ1) is 6.75. The molecule has 1 aromatic carbocycles. The smallest absolute Gasteiger partial charge is 0.128 e. The lowest BCUT2D eigenvalue weighted by Gasteiger charge is -2.01. The van der Waals surface area contributed by atoms with Crippen LogP contribution in [-0.2, 0) is 6.42 Å². The van der Waals surface area contributed by atoms with Crippen LogP contribution in [0.2, 0.25) is 5.02 Å². The average Bonchev–Trinajstić information content (AvgIpc) is 2.62. The predicted molar refractivity (Wildman–Crippen MR) is 55.0 cm³/mol. The maximum Gasteiger partial charge on any atom is 0.128 e. The van der Waals surface area contributed by atoms with Crippen molar-refractivity contribution in [1.82, 2.24) is 4.98 Å². The van der Waals surface area contributed by atoms with Gasteiger partial charge < -0.3 is 4.98 Å². The Morgan fingerprint density at radius 3 is 2.79 bits per heavy atom. The quantitative estimate of drug-likeness (QED) is 0.781. The van der Waals surface area contributed by atoms with Crippen molar-refractivity contribution in [2.45, 2.75) is 6.42 Å². The molecule has 0 spiro atoms. The first kappa shape index (κ1) is 9.28. The van der Waals surface area contributed by atoms with Crippen LogP contribution in [0.4, 0.5) is 4.39 Å². The van der Waals surface area contributed by atoms with E-state index < -0.39 is 0 Å². The summed E-state index contributed by atoms with van der Waals surface area (Å²) in [5, 5.41) is 0.428. The molecule has 0 saturated carbocycles. The van der Waals surface area contributed by atoms with Crippen LogP contribution < -0.4 is 0 Å². The van der Waals surface area contributed by atoms with E-state index in [-0.39, 0.29) is 5.82 Å². The molecule has 1 heterocycles. The number of H-pyrrole nitrogens is 1. The Morgan fingerprint density at radius 1 is 1.29 bits per heavy atom. The summed E-state index contributed by atoms with van der Waals surface area (Å²) >= 11 is 5.65. The molecule has 0 aliphatic heterocycles. The van der Waals surface area contributed by atoms with Gasteiger partial charge in [0.1, 0.15) is 5.82 Å². The molecular formula is C11H9ClFN. The Kier molecular flexibility index (Phi) is 2.55. The van der Waals surface area contributed by atoms with Gasteiger partial charge in [-0.15, -0.1) is 0 Å². The molecule has 0 bridgehead atoms. The lowest BCUT2D eigenvalue weighted by Crippen LogP contribution is -1.92. The number of hydrogen-bond acceptors (Lipinski definition) is 0. The van der Waals surface area contributed by atoms with E-state index in [4.69, 9.17) is 11.6 Å². The molecule has 1 aromatic heterocycles. The van der Waals surface area contributed by atoms with Crippen molar-refractivity contribution in [3.05, 3.63) is 58.6 Å². The number of benzene rings is 1. The van der Waals surface area contributed by atoms with E-state index in [0.717, 1.165) is 5.69 Å². The van der Waals surface area contributed by atoms with Crippen molar-refractivity contribution in [3.8, 4) is 0 Å². The summed E-state index contributed by atoms with van der Waals surface area (Å²) in [7, 11) is 0. The lowest BCUT2D eigenvalue weighted by molar-refractivity contribution is 0.613. The molecular weight excluding hydrogens is 201 g/mol. The van der Waals surface area contributed by atoms with Gasteiger partial charge in [-0.25, -0.2) is 4.39 Å².